The van der Waals surface area contributed by atoms with Crippen LogP contribution in [0.3, 0.4) is 0 Å². The number of hydrogen-bond donors (Lipinski definition) is 1. The van der Waals surface area contributed by atoms with Crippen LogP contribution in [0, 0.1) is 0 Å². The lowest BCUT2D eigenvalue weighted by atomic mass is 10.2. The lowest BCUT2D eigenvalue weighted by Crippen LogP contribution is -3.19. The summed E-state index contributed by atoms with van der Waals surface area (Å²) >= 11 is 0. The maximum atomic E-state index is 12.7. The number of nitrogens with zero attached hydrogens (tertiary/aromatic N) is 2. The Balaban J connectivity index is 1.62. The third-order valence-corrected chi connectivity index (χ3v) is 7.50. The van der Waals surface area contributed by atoms with Gasteiger partial charge in [0.1, 0.15) is 0 Å². The van der Waals surface area contributed by atoms with Crippen LogP contribution in [0.25, 0.3) is 0 Å². The quantitative estimate of drug-likeness (QED) is 0.776. The number of carbonyl (C=O) groups excluding carboxylic acids is 1. The highest BCUT2D eigenvalue weighted by Gasteiger charge is 2.37. The summed E-state index contributed by atoms with van der Waals surface area (Å²) < 4.78 is 64.8. The van der Waals surface area contributed by atoms with Gasteiger partial charge in [0, 0.05) is 13.1 Å². The molecule has 0 saturated carbocycles. The lowest BCUT2D eigenvalue weighted by molar-refractivity contribution is -0.918. The van der Waals surface area contributed by atoms with Crippen molar-refractivity contribution in [3.8, 4) is 0 Å². The number of rotatable bonds is 4. The van der Waals surface area contributed by atoms with Crippen LogP contribution in [0.4, 0.5) is 13.2 Å². The molecule has 28 heavy (non-hydrogen) atoms. The van der Waals surface area contributed by atoms with E-state index < -0.39 is 21.8 Å². The van der Waals surface area contributed by atoms with Crippen molar-refractivity contribution in [3.05, 3.63) is 29.8 Å². The number of quaternary nitrogens is 1. The Kier molecular flexibility index (Phi) is 6.02. The maximum Gasteiger partial charge on any atom is 0.416 e. The summed E-state index contributed by atoms with van der Waals surface area (Å²) in [7, 11) is -3.85. The van der Waals surface area contributed by atoms with Crippen LogP contribution in [0.1, 0.15) is 25.3 Å². The van der Waals surface area contributed by atoms with E-state index in [-0.39, 0.29) is 29.9 Å². The molecule has 0 spiro atoms. The summed E-state index contributed by atoms with van der Waals surface area (Å²) in [5, 5.41) is 0. The predicted molar refractivity (Wildman–Crippen MR) is 96.2 cm³/mol. The Hall–Kier alpha value is -1.65. The number of piperazine rings is 1. The second-order valence-corrected chi connectivity index (χ2v) is 9.28. The molecule has 0 radical (unpaired) electrons. The van der Waals surface area contributed by atoms with Crippen LogP contribution >= 0.6 is 0 Å². The number of nitrogens with one attached hydrogen (secondary N) is 1. The molecule has 156 valence electrons. The highest BCUT2D eigenvalue weighted by atomic mass is 32.2. The fraction of sp³-hybridized carbons (Fsp3) is 0.611. The van der Waals surface area contributed by atoms with Crippen molar-refractivity contribution >= 4 is 15.9 Å². The average Bonchev–Trinajstić information content (AvgIpc) is 3.21. The van der Waals surface area contributed by atoms with Gasteiger partial charge in [0.25, 0.3) is 5.91 Å². The van der Waals surface area contributed by atoms with E-state index in [0.717, 1.165) is 55.1 Å². The van der Waals surface area contributed by atoms with E-state index in [1.165, 1.54) is 4.31 Å². The first-order chi connectivity index (χ1) is 13.1. The first-order valence-corrected chi connectivity index (χ1v) is 10.9. The number of benzene rings is 1. The van der Waals surface area contributed by atoms with Crippen molar-refractivity contribution in [2.24, 2.45) is 0 Å². The van der Waals surface area contributed by atoms with Gasteiger partial charge in [0.15, 0.2) is 6.04 Å². The smallest absolute Gasteiger partial charge is 0.338 e. The van der Waals surface area contributed by atoms with E-state index in [0.29, 0.717) is 13.1 Å². The Morgan fingerprint density at radius 1 is 1.04 bits per heavy atom. The number of alkyl halides is 3. The molecule has 1 N–H and O–H groups in total. The van der Waals surface area contributed by atoms with Gasteiger partial charge < -0.3 is 9.80 Å². The molecule has 2 heterocycles. The fourth-order valence-corrected chi connectivity index (χ4v) is 5.24. The number of halogens is 3. The van der Waals surface area contributed by atoms with E-state index in [9.17, 15) is 26.4 Å². The molecule has 3 rings (SSSR count). The molecule has 1 aromatic carbocycles. The Morgan fingerprint density at radius 3 is 2.07 bits per heavy atom. The highest BCUT2D eigenvalue weighted by molar-refractivity contribution is 7.89. The monoisotopic (exact) mass is 420 g/mol. The molecule has 0 unspecified atom stereocenters. The van der Waals surface area contributed by atoms with Gasteiger partial charge in [-0.25, -0.2) is 8.42 Å². The molecule has 6 nitrogen and oxygen atoms in total. The zero-order chi connectivity index (χ0) is 20.5. The van der Waals surface area contributed by atoms with Gasteiger partial charge in [0.2, 0.25) is 10.0 Å². The van der Waals surface area contributed by atoms with Gasteiger partial charge in [-0.15, -0.1) is 0 Å². The molecule has 1 aromatic rings. The average molecular weight is 420 g/mol. The minimum Gasteiger partial charge on any atom is -0.338 e. The summed E-state index contributed by atoms with van der Waals surface area (Å²) in [6, 6.07) is 3.33. The van der Waals surface area contributed by atoms with Crippen LogP contribution in [-0.2, 0) is 21.0 Å². The summed E-state index contributed by atoms with van der Waals surface area (Å²) in [6.45, 7) is 4.87. The summed E-state index contributed by atoms with van der Waals surface area (Å²) in [6.07, 6.45) is -2.46. The Morgan fingerprint density at radius 2 is 1.57 bits per heavy atom. The van der Waals surface area contributed by atoms with E-state index in [4.69, 9.17) is 0 Å². The molecular weight excluding hydrogens is 395 g/mol. The van der Waals surface area contributed by atoms with Crippen molar-refractivity contribution in [1.29, 1.82) is 0 Å². The summed E-state index contributed by atoms with van der Waals surface area (Å²) in [4.78, 5) is 15.3. The summed E-state index contributed by atoms with van der Waals surface area (Å²) in [5.41, 5.74) is -0.880. The van der Waals surface area contributed by atoms with Crippen molar-refractivity contribution in [2.75, 3.05) is 39.3 Å². The van der Waals surface area contributed by atoms with E-state index in [1.54, 1.807) is 0 Å². The van der Waals surface area contributed by atoms with Gasteiger partial charge in [-0.1, -0.05) is 0 Å². The molecule has 0 aliphatic carbocycles. The molecule has 2 aliphatic heterocycles. The second-order valence-electron chi connectivity index (χ2n) is 7.34. The van der Waals surface area contributed by atoms with Crippen LogP contribution in [0.15, 0.2) is 29.2 Å². The molecule has 1 atom stereocenters. The minimum absolute atomic E-state index is 0.103. The molecule has 10 heteroatoms. The molecule has 0 bridgehead atoms. The first kappa shape index (κ1) is 21.1. The SMILES string of the molecule is C[C@H](C(=O)N1CCCC1)[NH+]1CCN(S(=O)(=O)c2ccc(C(F)(F)F)cc2)CC1. The zero-order valence-electron chi connectivity index (χ0n) is 15.7. The maximum absolute atomic E-state index is 12.7. The molecule has 2 saturated heterocycles. The normalized spacial score (nSPS) is 21.1. The van der Waals surface area contributed by atoms with E-state index >= 15 is 0 Å². The highest BCUT2D eigenvalue weighted by Crippen LogP contribution is 2.30. The van der Waals surface area contributed by atoms with Gasteiger partial charge in [-0.05, 0) is 44.0 Å². The van der Waals surface area contributed by atoms with Crippen molar-refractivity contribution in [3.63, 3.8) is 0 Å². The van der Waals surface area contributed by atoms with Gasteiger partial charge in [-0.2, -0.15) is 17.5 Å². The topological polar surface area (TPSA) is 62.1 Å². The van der Waals surface area contributed by atoms with Crippen LogP contribution in [0.2, 0.25) is 0 Å². The van der Waals surface area contributed by atoms with E-state index in [2.05, 4.69) is 0 Å². The third-order valence-electron chi connectivity index (χ3n) is 5.58. The lowest BCUT2D eigenvalue weighted by Gasteiger charge is -2.35. The van der Waals surface area contributed by atoms with Gasteiger partial charge >= 0.3 is 6.18 Å². The van der Waals surface area contributed by atoms with Crippen molar-refractivity contribution in [2.45, 2.75) is 36.9 Å². The number of amides is 1. The number of carbonyl (C=O) groups is 1. The number of likely N-dealkylation sites (tertiary alicyclic amines) is 1. The minimum atomic E-state index is -4.50. The second kappa shape index (κ2) is 8.00. The molecule has 1 amide bonds. The number of hydrogen-bond acceptors (Lipinski definition) is 3. The molecule has 2 aliphatic rings. The molecular formula is C18H25F3N3O3S+. The Bertz CT molecular complexity index is 798. The predicted octanol–water partition coefficient (Wildman–Crippen LogP) is 0.606. The molecule has 0 aromatic heterocycles. The van der Waals surface area contributed by atoms with Crippen LogP contribution in [0.5, 0.6) is 0 Å². The van der Waals surface area contributed by atoms with Crippen molar-refractivity contribution in [1.82, 2.24) is 9.21 Å². The molecule has 2 fully saturated rings. The standard InChI is InChI=1S/C18H24F3N3O3S/c1-14(17(25)23-8-2-3-9-23)22-10-12-24(13-11-22)28(26,27)16-6-4-15(5-7-16)18(19,20)21/h4-7,14H,2-3,8-13H2,1H3/p+1/t14-/m1/s1. The van der Waals surface area contributed by atoms with Gasteiger partial charge in [0.05, 0.1) is 36.6 Å². The zero-order valence-corrected chi connectivity index (χ0v) is 16.5. The van der Waals surface area contributed by atoms with E-state index in [1.807, 2.05) is 11.8 Å². The summed E-state index contributed by atoms with van der Waals surface area (Å²) in [5.74, 6) is 0.103. The largest absolute Gasteiger partial charge is 0.416 e. The van der Waals surface area contributed by atoms with Crippen LogP contribution < -0.4 is 4.90 Å². The van der Waals surface area contributed by atoms with Gasteiger partial charge in [-0.3, -0.25) is 4.79 Å². The Labute approximate surface area is 162 Å². The first-order valence-electron chi connectivity index (χ1n) is 9.41. The fourth-order valence-electron chi connectivity index (χ4n) is 3.80. The third kappa shape index (κ3) is 4.33. The van der Waals surface area contributed by atoms with Crippen LogP contribution in [-0.4, -0.2) is 68.8 Å². The van der Waals surface area contributed by atoms with Crippen molar-refractivity contribution < 1.29 is 31.3 Å². The number of sulfonamides is 1.